The summed E-state index contributed by atoms with van der Waals surface area (Å²) in [4.78, 5) is 27.9. The second-order valence-corrected chi connectivity index (χ2v) is 3.87. The van der Waals surface area contributed by atoms with Crippen LogP contribution in [0, 0.1) is 6.92 Å². The summed E-state index contributed by atoms with van der Waals surface area (Å²) in [6, 6.07) is 0. The van der Waals surface area contributed by atoms with Crippen molar-refractivity contribution in [2.24, 2.45) is 0 Å². The number of rotatable bonds is 0. The lowest BCUT2D eigenvalue weighted by atomic mass is 10.2. The molecule has 0 saturated heterocycles. The van der Waals surface area contributed by atoms with Crippen LogP contribution in [-0.2, 0) is 0 Å². The van der Waals surface area contributed by atoms with Crippen LogP contribution in [0.3, 0.4) is 0 Å². The number of aromatic amines is 1. The molecule has 2 aliphatic rings. The SMILES string of the molecule is Cc1c(Br)cn(O)c2nc(=O)c(=O)[nH]c1-2. The van der Waals surface area contributed by atoms with Gasteiger partial charge in [0.25, 0.3) is 0 Å². The van der Waals surface area contributed by atoms with Gasteiger partial charge in [-0.05, 0) is 28.4 Å². The molecule has 0 bridgehead atoms. The molecule has 0 radical (unpaired) electrons. The number of pyridine rings is 1. The molecule has 0 spiro atoms. The van der Waals surface area contributed by atoms with E-state index in [4.69, 9.17) is 0 Å². The first kappa shape index (κ1) is 9.91. The summed E-state index contributed by atoms with van der Waals surface area (Å²) < 4.78 is 1.29. The number of aromatic nitrogens is 3. The molecule has 0 atom stereocenters. The van der Waals surface area contributed by atoms with Crippen LogP contribution in [0.5, 0.6) is 0 Å². The second-order valence-electron chi connectivity index (χ2n) is 3.02. The fourth-order valence-corrected chi connectivity index (χ4v) is 1.63. The van der Waals surface area contributed by atoms with E-state index in [2.05, 4.69) is 25.9 Å². The summed E-state index contributed by atoms with van der Waals surface area (Å²) in [6.07, 6.45) is 1.35. The quantitative estimate of drug-likeness (QED) is 0.535. The van der Waals surface area contributed by atoms with Gasteiger partial charge in [-0.15, -0.1) is 0 Å². The molecule has 2 heterocycles. The summed E-state index contributed by atoms with van der Waals surface area (Å²) in [5.74, 6) is 0.0281. The number of nitrogens with zero attached hydrogens (tertiary/aromatic N) is 2. The van der Waals surface area contributed by atoms with Crippen molar-refractivity contribution in [2.75, 3.05) is 0 Å². The molecule has 7 heteroatoms. The molecule has 0 aromatic carbocycles. The fraction of sp³-hybridized carbons (Fsp3) is 0.125. The highest BCUT2D eigenvalue weighted by atomic mass is 79.9. The highest BCUT2D eigenvalue weighted by molar-refractivity contribution is 9.10. The highest BCUT2D eigenvalue weighted by Gasteiger charge is 2.16. The molecule has 2 aliphatic heterocycles. The summed E-state index contributed by atoms with van der Waals surface area (Å²) in [6.45, 7) is 1.73. The van der Waals surface area contributed by atoms with Crippen molar-refractivity contribution in [1.82, 2.24) is 14.7 Å². The normalized spacial score (nSPS) is 10.8. The molecule has 0 aromatic heterocycles. The van der Waals surface area contributed by atoms with Crippen LogP contribution in [0.2, 0.25) is 0 Å². The Labute approximate surface area is 91.6 Å². The third-order valence-electron chi connectivity index (χ3n) is 2.05. The smallest absolute Gasteiger partial charge is 0.337 e. The first-order valence-corrected chi connectivity index (χ1v) is 4.81. The molecule has 78 valence electrons. The van der Waals surface area contributed by atoms with E-state index >= 15 is 0 Å². The van der Waals surface area contributed by atoms with E-state index in [0.717, 1.165) is 0 Å². The molecule has 0 aliphatic carbocycles. The van der Waals surface area contributed by atoms with Crippen molar-refractivity contribution in [2.45, 2.75) is 6.92 Å². The maximum atomic E-state index is 11.1. The number of hydrogen-bond donors (Lipinski definition) is 2. The van der Waals surface area contributed by atoms with E-state index in [1.807, 2.05) is 0 Å². The van der Waals surface area contributed by atoms with Crippen LogP contribution in [0.4, 0.5) is 0 Å². The van der Waals surface area contributed by atoms with Crippen LogP contribution in [0.25, 0.3) is 11.5 Å². The summed E-state index contributed by atoms with van der Waals surface area (Å²) in [5.41, 5.74) is -0.702. The summed E-state index contributed by atoms with van der Waals surface area (Å²) >= 11 is 3.20. The predicted octanol–water partition coefficient (Wildman–Crippen LogP) is 0.345. The summed E-state index contributed by atoms with van der Waals surface area (Å²) in [5, 5.41) is 9.46. The highest BCUT2D eigenvalue weighted by Crippen LogP contribution is 2.25. The Morgan fingerprint density at radius 1 is 1.53 bits per heavy atom. The first-order valence-electron chi connectivity index (χ1n) is 4.01. The van der Waals surface area contributed by atoms with E-state index in [1.165, 1.54) is 6.20 Å². The Hall–Kier alpha value is -1.63. The van der Waals surface area contributed by atoms with Gasteiger partial charge in [-0.3, -0.25) is 9.59 Å². The third kappa shape index (κ3) is 1.44. The zero-order valence-corrected chi connectivity index (χ0v) is 9.20. The minimum absolute atomic E-state index is 0.0281. The van der Waals surface area contributed by atoms with Gasteiger partial charge in [-0.2, -0.15) is 9.71 Å². The van der Waals surface area contributed by atoms with Crippen LogP contribution >= 0.6 is 15.9 Å². The lowest BCUT2D eigenvalue weighted by Crippen LogP contribution is -2.32. The average Bonchev–Trinajstić information content (AvgIpc) is 2.18. The third-order valence-corrected chi connectivity index (χ3v) is 2.85. The van der Waals surface area contributed by atoms with Gasteiger partial charge in [-0.1, -0.05) is 0 Å². The number of H-pyrrole nitrogens is 1. The molecule has 0 amide bonds. The van der Waals surface area contributed by atoms with Gasteiger partial charge in [0.1, 0.15) is 0 Å². The molecule has 2 N–H and O–H groups in total. The zero-order valence-electron chi connectivity index (χ0n) is 7.61. The van der Waals surface area contributed by atoms with Crippen molar-refractivity contribution >= 4 is 15.9 Å². The molecule has 0 aromatic rings. The van der Waals surface area contributed by atoms with Gasteiger partial charge in [0, 0.05) is 4.47 Å². The van der Waals surface area contributed by atoms with Gasteiger partial charge < -0.3 is 10.2 Å². The first-order chi connectivity index (χ1) is 7.00. The van der Waals surface area contributed by atoms with Gasteiger partial charge in [-0.25, -0.2) is 0 Å². The maximum Gasteiger partial charge on any atom is 0.337 e. The largest absolute Gasteiger partial charge is 0.427 e. The van der Waals surface area contributed by atoms with Crippen LogP contribution in [0.1, 0.15) is 5.56 Å². The van der Waals surface area contributed by atoms with Crippen molar-refractivity contribution in [1.29, 1.82) is 0 Å². The van der Waals surface area contributed by atoms with E-state index in [9.17, 15) is 14.8 Å². The minimum Gasteiger partial charge on any atom is -0.427 e. The standard InChI is InChI=1S/C8H6BrN3O3/c1-3-4(9)2-12(15)6-5(3)10-7(13)8(14)11-6/h2,15H,1H3,(H,10,13). The van der Waals surface area contributed by atoms with Crippen molar-refractivity contribution < 1.29 is 5.21 Å². The molecule has 0 saturated carbocycles. The lowest BCUT2D eigenvalue weighted by molar-refractivity contribution is 0.185. The van der Waals surface area contributed by atoms with Crippen LogP contribution in [-0.4, -0.2) is 19.9 Å². The maximum absolute atomic E-state index is 11.1. The van der Waals surface area contributed by atoms with Crippen LogP contribution in [0.15, 0.2) is 20.3 Å². The molecule has 6 nitrogen and oxygen atoms in total. The Morgan fingerprint density at radius 2 is 2.20 bits per heavy atom. The number of hydrogen-bond acceptors (Lipinski definition) is 4. The van der Waals surface area contributed by atoms with Crippen molar-refractivity contribution in [3.05, 3.63) is 36.9 Å². The monoisotopic (exact) mass is 271 g/mol. The van der Waals surface area contributed by atoms with Gasteiger partial charge >= 0.3 is 11.1 Å². The lowest BCUT2D eigenvalue weighted by Gasteiger charge is -2.11. The van der Waals surface area contributed by atoms with Crippen LogP contribution < -0.4 is 11.1 Å². The Bertz CT molecular complexity index is 616. The summed E-state index contributed by atoms with van der Waals surface area (Å²) in [7, 11) is 0. The van der Waals surface area contributed by atoms with E-state index in [-0.39, 0.29) is 5.82 Å². The average molecular weight is 272 g/mol. The molecular weight excluding hydrogens is 266 g/mol. The number of halogens is 1. The van der Waals surface area contributed by atoms with E-state index in [1.54, 1.807) is 6.92 Å². The number of nitrogens with one attached hydrogen (secondary N) is 1. The molecule has 2 rings (SSSR count). The zero-order chi connectivity index (χ0) is 11.2. The van der Waals surface area contributed by atoms with E-state index in [0.29, 0.717) is 20.5 Å². The molecule has 0 unspecified atom stereocenters. The predicted molar refractivity (Wildman–Crippen MR) is 55.4 cm³/mol. The van der Waals surface area contributed by atoms with Gasteiger partial charge in [0.05, 0.1) is 11.9 Å². The molecule has 0 fully saturated rings. The van der Waals surface area contributed by atoms with Crippen molar-refractivity contribution in [3.63, 3.8) is 0 Å². The second kappa shape index (κ2) is 3.20. The molecule has 15 heavy (non-hydrogen) atoms. The Kier molecular flexibility index (Phi) is 2.11. The Balaban J connectivity index is 3.03. The topological polar surface area (TPSA) is 88.0 Å². The Morgan fingerprint density at radius 3 is 2.87 bits per heavy atom. The van der Waals surface area contributed by atoms with Crippen molar-refractivity contribution in [3.8, 4) is 11.5 Å². The molecular formula is C8H6BrN3O3. The van der Waals surface area contributed by atoms with Gasteiger partial charge in [0.2, 0.25) is 0 Å². The number of fused-ring (bicyclic) bond motifs is 1. The van der Waals surface area contributed by atoms with E-state index < -0.39 is 11.1 Å². The minimum atomic E-state index is -0.924. The van der Waals surface area contributed by atoms with Gasteiger partial charge in [0.15, 0.2) is 5.82 Å². The fourth-order valence-electron chi connectivity index (χ4n) is 1.24.